The van der Waals surface area contributed by atoms with Gasteiger partial charge in [0.15, 0.2) is 5.58 Å². The van der Waals surface area contributed by atoms with Crippen molar-refractivity contribution in [2.45, 2.75) is 20.0 Å². The molecule has 0 atom stereocenters. The lowest BCUT2D eigenvalue weighted by Gasteiger charge is -2.12. The van der Waals surface area contributed by atoms with Crippen molar-refractivity contribution in [3.63, 3.8) is 0 Å². The van der Waals surface area contributed by atoms with Gasteiger partial charge in [0.1, 0.15) is 17.0 Å². The number of rotatable bonds is 4. The standard InChI is InChI=1S/C15H17N3O2/c1-10-6-7-11(19-10)8-18(2)9-14-17-15-12(16)4-3-5-13(15)20-14/h3-7H,8-9,16H2,1-2H3. The first-order valence-electron chi connectivity index (χ1n) is 6.49. The number of nitrogens with zero attached hydrogens (tertiary/aromatic N) is 2. The highest BCUT2D eigenvalue weighted by Gasteiger charge is 2.11. The molecular weight excluding hydrogens is 254 g/mol. The van der Waals surface area contributed by atoms with Crippen molar-refractivity contribution >= 4 is 16.8 Å². The molecule has 1 aromatic carbocycles. The highest BCUT2D eigenvalue weighted by molar-refractivity contribution is 5.85. The van der Waals surface area contributed by atoms with Gasteiger partial charge in [0.05, 0.1) is 18.8 Å². The number of aromatic nitrogens is 1. The van der Waals surface area contributed by atoms with E-state index in [0.29, 0.717) is 24.7 Å². The summed E-state index contributed by atoms with van der Waals surface area (Å²) in [6.07, 6.45) is 0. The number of nitrogen functional groups attached to an aromatic ring is 1. The van der Waals surface area contributed by atoms with Gasteiger partial charge >= 0.3 is 0 Å². The molecule has 0 aliphatic heterocycles. The first kappa shape index (κ1) is 12.7. The second-order valence-electron chi connectivity index (χ2n) is 4.99. The second-order valence-corrected chi connectivity index (χ2v) is 4.99. The zero-order chi connectivity index (χ0) is 14.1. The summed E-state index contributed by atoms with van der Waals surface area (Å²) in [7, 11) is 2.00. The Bertz CT molecular complexity index is 730. The molecule has 104 valence electrons. The molecule has 3 aromatic rings. The van der Waals surface area contributed by atoms with Crippen LogP contribution in [0.2, 0.25) is 0 Å². The summed E-state index contributed by atoms with van der Waals surface area (Å²) in [6.45, 7) is 3.25. The molecular formula is C15H17N3O2. The van der Waals surface area contributed by atoms with Crippen molar-refractivity contribution in [3.8, 4) is 0 Å². The van der Waals surface area contributed by atoms with E-state index in [-0.39, 0.29) is 0 Å². The average molecular weight is 271 g/mol. The van der Waals surface area contributed by atoms with Crippen molar-refractivity contribution < 1.29 is 8.83 Å². The minimum Gasteiger partial charge on any atom is -0.465 e. The SMILES string of the molecule is Cc1ccc(CN(C)Cc2nc3c(N)cccc3o2)o1. The van der Waals surface area contributed by atoms with E-state index in [4.69, 9.17) is 14.6 Å². The third-order valence-corrected chi connectivity index (χ3v) is 3.12. The number of benzene rings is 1. The zero-order valence-corrected chi connectivity index (χ0v) is 11.6. The lowest BCUT2D eigenvalue weighted by molar-refractivity contribution is 0.260. The van der Waals surface area contributed by atoms with E-state index in [0.717, 1.165) is 22.6 Å². The van der Waals surface area contributed by atoms with Crippen LogP contribution in [0.1, 0.15) is 17.4 Å². The van der Waals surface area contributed by atoms with E-state index >= 15 is 0 Å². The predicted octanol–water partition coefficient (Wildman–Crippen LogP) is 2.94. The van der Waals surface area contributed by atoms with Crippen molar-refractivity contribution in [3.05, 3.63) is 47.7 Å². The van der Waals surface area contributed by atoms with Gasteiger partial charge in [-0.25, -0.2) is 4.98 Å². The quantitative estimate of drug-likeness (QED) is 0.739. The Balaban J connectivity index is 1.74. The maximum atomic E-state index is 5.88. The highest BCUT2D eigenvalue weighted by atomic mass is 16.4. The van der Waals surface area contributed by atoms with Crippen LogP contribution in [0.25, 0.3) is 11.1 Å². The average Bonchev–Trinajstić information content (AvgIpc) is 2.96. The van der Waals surface area contributed by atoms with E-state index in [1.807, 2.05) is 44.3 Å². The molecule has 0 aliphatic carbocycles. The Kier molecular flexibility index (Phi) is 3.20. The molecule has 0 saturated heterocycles. The summed E-state index contributed by atoms with van der Waals surface area (Å²) in [4.78, 5) is 6.52. The molecule has 5 heteroatoms. The molecule has 0 fully saturated rings. The van der Waals surface area contributed by atoms with E-state index in [1.165, 1.54) is 0 Å². The Morgan fingerprint density at radius 3 is 2.70 bits per heavy atom. The number of fused-ring (bicyclic) bond motifs is 1. The van der Waals surface area contributed by atoms with Gasteiger partial charge in [-0.3, -0.25) is 4.90 Å². The smallest absolute Gasteiger partial charge is 0.209 e. The van der Waals surface area contributed by atoms with Crippen LogP contribution in [-0.4, -0.2) is 16.9 Å². The summed E-state index contributed by atoms with van der Waals surface area (Å²) in [5, 5.41) is 0. The number of oxazole rings is 1. The normalized spacial score (nSPS) is 11.6. The number of hydrogen-bond acceptors (Lipinski definition) is 5. The number of hydrogen-bond donors (Lipinski definition) is 1. The molecule has 0 spiro atoms. The highest BCUT2D eigenvalue weighted by Crippen LogP contribution is 2.22. The van der Waals surface area contributed by atoms with Gasteiger partial charge in [0, 0.05) is 0 Å². The lowest BCUT2D eigenvalue weighted by Crippen LogP contribution is -2.17. The second kappa shape index (κ2) is 5.02. The zero-order valence-electron chi connectivity index (χ0n) is 11.6. The molecule has 2 heterocycles. The third-order valence-electron chi connectivity index (χ3n) is 3.12. The van der Waals surface area contributed by atoms with Crippen LogP contribution in [0.5, 0.6) is 0 Å². The molecule has 3 rings (SSSR count). The number of nitrogens with two attached hydrogens (primary N) is 1. The van der Waals surface area contributed by atoms with Gasteiger partial charge in [-0.2, -0.15) is 0 Å². The molecule has 2 N–H and O–H groups in total. The fourth-order valence-electron chi connectivity index (χ4n) is 2.21. The number of para-hydroxylation sites is 1. The topological polar surface area (TPSA) is 68.4 Å². The largest absolute Gasteiger partial charge is 0.465 e. The van der Waals surface area contributed by atoms with Crippen molar-refractivity contribution in [2.24, 2.45) is 0 Å². The summed E-state index contributed by atoms with van der Waals surface area (Å²) in [5.74, 6) is 2.51. The minimum atomic E-state index is 0.605. The molecule has 5 nitrogen and oxygen atoms in total. The fraction of sp³-hybridized carbons (Fsp3) is 0.267. The van der Waals surface area contributed by atoms with Crippen molar-refractivity contribution in [2.75, 3.05) is 12.8 Å². The van der Waals surface area contributed by atoms with Gasteiger partial charge in [0.2, 0.25) is 5.89 Å². The Hall–Kier alpha value is -2.27. The lowest BCUT2D eigenvalue weighted by atomic mass is 10.3. The summed E-state index contributed by atoms with van der Waals surface area (Å²) in [6, 6.07) is 9.50. The van der Waals surface area contributed by atoms with Crippen LogP contribution in [0.4, 0.5) is 5.69 Å². The number of aryl methyl sites for hydroxylation is 1. The first-order chi connectivity index (χ1) is 9.61. The number of anilines is 1. The van der Waals surface area contributed by atoms with Gasteiger partial charge in [-0.1, -0.05) is 6.07 Å². The third kappa shape index (κ3) is 2.53. The Labute approximate surface area is 117 Å². The first-order valence-corrected chi connectivity index (χ1v) is 6.49. The van der Waals surface area contributed by atoms with Crippen LogP contribution in [0, 0.1) is 6.92 Å². The minimum absolute atomic E-state index is 0.605. The van der Waals surface area contributed by atoms with Crippen LogP contribution in [0.3, 0.4) is 0 Å². The number of furan rings is 1. The molecule has 0 radical (unpaired) electrons. The molecule has 2 aromatic heterocycles. The maximum absolute atomic E-state index is 5.88. The monoisotopic (exact) mass is 271 g/mol. The van der Waals surface area contributed by atoms with Crippen LogP contribution in [-0.2, 0) is 13.1 Å². The maximum Gasteiger partial charge on any atom is 0.209 e. The van der Waals surface area contributed by atoms with Gasteiger partial charge in [-0.15, -0.1) is 0 Å². The molecule has 0 saturated carbocycles. The van der Waals surface area contributed by atoms with E-state index in [1.54, 1.807) is 0 Å². The Morgan fingerprint density at radius 1 is 1.15 bits per heavy atom. The molecule has 0 aliphatic rings. The van der Waals surface area contributed by atoms with Crippen LogP contribution < -0.4 is 5.73 Å². The molecule has 20 heavy (non-hydrogen) atoms. The van der Waals surface area contributed by atoms with Crippen LogP contribution in [0.15, 0.2) is 39.2 Å². The molecule has 0 unspecified atom stereocenters. The van der Waals surface area contributed by atoms with Gasteiger partial charge < -0.3 is 14.6 Å². The predicted molar refractivity (Wildman–Crippen MR) is 77.0 cm³/mol. The van der Waals surface area contributed by atoms with Gasteiger partial charge in [-0.05, 0) is 38.2 Å². The summed E-state index contributed by atoms with van der Waals surface area (Å²) in [5.41, 5.74) is 7.97. The van der Waals surface area contributed by atoms with Gasteiger partial charge in [0.25, 0.3) is 0 Å². The molecule has 0 bridgehead atoms. The van der Waals surface area contributed by atoms with E-state index in [9.17, 15) is 0 Å². The van der Waals surface area contributed by atoms with Crippen LogP contribution >= 0.6 is 0 Å². The fourth-order valence-corrected chi connectivity index (χ4v) is 2.21. The van der Waals surface area contributed by atoms with E-state index < -0.39 is 0 Å². The Morgan fingerprint density at radius 2 is 2.00 bits per heavy atom. The van der Waals surface area contributed by atoms with Crippen molar-refractivity contribution in [1.82, 2.24) is 9.88 Å². The molecule has 0 amide bonds. The van der Waals surface area contributed by atoms with Crippen molar-refractivity contribution in [1.29, 1.82) is 0 Å². The summed E-state index contributed by atoms with van der Waals surface area (Å²) >= 11 is 0. The van der Waals surface area contributed by atoms with E-state index in [2.05, 4.69) is 9.88 Å². The summed E-state index contributed by atoms with van der Waals surface area (Å²) < 4.78 is 11.3.